The normalized spacial score (nSPS) is 11.5. The molecule has 0 atom stereocenters. The Morgan fingerprint density at radius 1 is 1.33 bits per heavy atom. The van der Waals surface area contributed by atoms with Gasteiger partial charge in [-0.15, -0.1) is 0 Å². The second kappa shape index (κ2) is 4.92. The summed E-state index contributed by atoms with van der Waals surface area (Å²) in [4.78, 5) is 0. The fourth-order valence-electron chi connectivity index (χ4n) is 0.904. The number of benzene rings is 1. The molecule has 15 heavy (non-hydrogen) atoms. The van der Waals surface area contributed by atoms with Gasteiger partial charge in [0.05, 0.1) is 6.61 Å². The summed E-state index contributed by atoms with van der Waals surface area (Å²) in [5.41, 5.74) is -0.0825. The van der Waals surface area contributed by atoms with Crippen molar-refractivity contribution in [1.82, 2.24) is 0 Å². The molecule has 1 aromatic rings. The molecule has 0 heterocycles. The van der Waals surface area contributed by atoms with Crippen molar-refractivity contribution in [2.24, 2.45) is 5.41 Å². The first-order valence-electron chi connectivity index (χ1n) is 4.58. The lowest BCUT2D eigenvalue weighted by atomic mass is 9.98. The zero-order valence-corrected chi connectivity index (χ0v) is 10.3. The molecule has 0 fully saturated rings. The predicted molar refractivity (Wildman–Crippen MR) is 59.4 cm³/mol. The fraction of sp³-hybridized carbons (Fsp3) is 0.455. The summed E-state index contributed by atoms with van der Waals surface area (Å²) in [5.74, 6) is -1.18. The maximum absolute atomic E-state index is 13.2. The minimum Gasteiger partial charge on any atom is -0.490 e. The number of ether oxygens (including phenoxy) is 1. The van der Waals surface area contributed by atoms with Gasteiger partial charge in [-0.1, -0.05) is 29.8 Å². The van der Waals surface area contributed by atoms with Crippen LogP contribution in [0.4, 0.5) is 8.78 Å². The number of hydrogen-bond donors (Lipinski definition) is 0. The maximum atomic E-state index is 13.2. The Hall–Kier alpha value is -0.640. The lowest BCUT2D eigenvalue weighted by Crippen LogP contribution is -2.23. The van der Waals surface area contributed by atoms with Crippen molar-refractivity contribution < 1.29 is 13.5 Å². The van der Waals surface area contributed by atoms with Gasteiger partial charge in [0.2, 0.25) is 0 Å². The van der Waals surface area contributed by atoms with Gasteiger partial charge in [-0.3, -0.25) is 0 Å². The highest BCUT2D eigenvalue weighted by molar-refractivity contribution is 9.09. The van der Waals surface area contributed by atoms with Crippen LogP contribution in [0, 0.1) is 17.0 Å². The van der Waals surface area contributed by atoms with Crippen molar-refractivity contribution in [3.63, 3.8) is 0 Å². The largest absolute Gasteiger partial charge is 0.490 e. The van der Waals surface area contributed by atoms with E-state index in [0.29, 0.717) is 6.61 Å². The van der Waals surface area contributed by atoms with Crippen LogP contribution >= 0.6 is 15.9 Å². The second-order valence-corrected chi connectivity index (χ2v) is 4.72. The lowest BCUT2D eigenvalue weighted by Gasteiger charge is -2.21. The van der Waals surface area contributed by atoms with E-state index in [1.54, 1.807) is 0 Å². The first-order valence-corrected chi connectivity index (χ1v) is 5.70. The molecule has 1 rings (SSSR count). The number of hydrogen-bond acceptors (Lipinski definition) is 1. The molecule has 0 unspecified atom stereocenters. The molecule has 1 aromatic carbocycles. The van der Waals surface area contributed by atoms with Gasteiger partial charge < -0.3 is 4.74 Å². The SMILES string of the molecule is CC(C)(CBr)COc1ccc(F)cc1F. The molecule has 0 aromatic heterocycles. The van der Waals surface area contributed by atoms with E-state index in [1.165, 1.54) is 12.1 Å². The molecule has 0 spiro atoms. The average molecular weight is 279 g/mol. The van der Waals surface area contributed by atoms with Crippen molar-refractivity contribution in [3.05, 3.63) is 29.8 Å². The van der Waals surface area contributed by atoms with Gasteiger partial charge in [0.1, 0.15) is 5.82 Å². The molecule has 0 aliphatic carbocycles. The maximum Gasteiger partial charge on any atom is 0.167 e. The third kappa shape index (κ3) is 3.78. The van der Waals surface area contributed by atoms with E-state index in [-0.39, 0.29) is 11.2 Å². The molecule has 1 nitrogen and oxygen atoms in total. The summed E-state index contributed by atoms with van der Waals surface area (Å²) in [7, 11) is 0. The van der Waals surface area contributed by atoms with Crippen molar-refractivity contribution >= 4 is 15.9 Å². The number of alkyl halides is 1. The molecular weight excluding hydrogens is 266 g/mol. The van der Waals surface area contributed by atoms with E-state index >= 15 is 0 Å². The second-order valence-electron chi connectivity index (χ2n) is 4.16. The van der Waals surface area contributed by atoms with E-state index in [2.05, 4.69) is 15.9 Å². The van der Waals surface area contributed by atoms with E-state index in [9.17, 15) is 8.78 Å². The Bertz CT molecular complexity index is 339. The molecule has 0 saturated heterocycles. The molecule has 0 N–H and O–H groups in total. The summed E-state index contributed by atoms with van der Waals surface area (Å²) in [6.45, 7) is 4.35. The van der Waals surface area contributed by atoms with E-state index in [1.807, 2.05) is 13.8 Å². The summed E-state index contributed by atoms with van der Waals surface area (Å²) in [5, 5.41) is 0.753. The topological polar surface area (TPSA) is 9.23 Å². The van der Waals surface area contributed by atoms with Crippen molar-refractivity contribution in [2.75, 3.05) is 11.9 Å². The van der Waals surface area contributed by atoms with Crippen molar-refractivity contribution in [2.45, 2.75) is 13.8 Å². The third-order valence-corrected chi connectivity index (χ3v) is 3.39. The molecule has 0 aliphatic heterocycles. The van der Waals surface area contributed by atoms with Crippen LogP contribution in [0.15, 0.2) is 18.2 Å². The summed E-state index contributed by atoms with van der Waals surface area (Å²) in [6.07, 6.45) is 0. The van der Waals surface area contributed by atoms with Crippen LogP contribution in [0.3, 0.4) is 0 Å². The lowest BCUT2D eigenvalue weighted by molar-refractivity contribution is 0.195. The third-order valence-electron chi connectivity index (χ3n) is 1.87. The monoisotopic (exact) mass is 278 g/mol. The Morgan fingerprint density at radius 2 is 2.00 bits per heavy atom. The minimum absolute atomic E-state index is 0.0825. The molecule has 0 saturated carbocycles. The first kappa shape index (κ1) is 12.4. The Balaban J connectivity index is 2.66. The van der Waals surface area contributed by atoms with Crippen LogP contribution in [0.5, 0.6) is 5.75 Å². The van der Waals surface area contributed by atoms with Crippen LogP contribution in [-0.2, 0) is 0 Å². The average Bonchev–Trinajstić information content (AvgIpc) is 2.16. The highest BCUT2D eigenvalue weighted by Crippen LogP contribution is 2.23. The molecule has 84 valence electrons. The van der Waals surface area contributed by atoms with Gasteiger partial charge in [0, 0.05) is 16.8 Å². The quantitative estimate of drug-likeness (QED) is 0.762. The molecular formula is C11H13BrF2O. The van der Waals surface area contributed by atoms with Gasteiger partial charge in [0.25, 0.3) is 0 Å². The predicted octanol–water partition coefficient (Wildman–Crippen LogP) is 3.76. The van der Waals surface area contributed by atoms with E-state index < -0.39 is 11.6 Å². The van der Waals surface area contributed by atoms with Gasteiger partial charge in [0.15, 0.2) is 11.6 Å². The van der Waals surface area contributed by atoms with Gasteiger partial charge in [-0.2, -0.15) is 0 Å². The highest BCUT2D eigenvalue weighted by atomic mass is 79.9. The molecule has 0 bridgehead atoms. The van der Waals surface area contributed by atoms with Crippen LogP contribution in [0.1, 0.15) is 13.8 Å². The highest BCUT2D eigenvalue weighted by Gasteiger charge is 2.18. The standard InChI is InChI=1S/C11H13BrF2O/c1-11(2,6-12)7-15-10-4-3-8(13)5-9(10)14/h3-5H,6-7H2,1-2H3. The van der Waals surface area contributed by atoms with Crippen molar-refractivity contribution in [3.8, 4) is 5.75 Å². The van der Waals surface area contributed by atoms with E-state index in [0.717, 1.165) is 11.4 Å². The van der Waals surface area contributed by atoms with Crippen molar-refractivity contribution in [1.29, 1.82) is 0 Å². The van der Waals surface area contributed by atoms with Gasteiger partial charge in [-0.05, 0) is 12.1 Å². The minimum atomic E-state index is -0.666. The van der Waals surface area contributed by atoms with Crippen LogP contribution in [0.25, 0.3) is 0 Å². The Labute approximate surface area is 96.6 Å². The first-order chi connectivity index (χ1) is 6.94. The van der Waals surface area contributed by atoms with Crippen LogP contribution in [-0.4, -0.2) is 11.9 Å². The summed E-state index contributed by atoms with van der Waals surface area (Å²) < 4.78 is 31.0. The van der Waals surface area contributed by atoms with Gasteiger partial charge in [-0.25, -0.2) is 8.78 Å². The number of halogens is 3. The summed E-state index contributed by atoms with van der Waals surface area (Å²) in [6, 6.07) is 3.30. The van der Waals surface area contributed by atoms with Crippen LogP contribution < -0.4 is 4.74 Å². The Morgan fingerprint density at radius 3 is 2.53 bits per heavy atom. The number of rotatable bonds is 4. The molecule has 0 aliphatic rings. The van der Waals surface area contributed by atoms with Gasteiger partial charge >= 0.3 is 0 Å². The molecule has 4 heteroatoms. The van der Waals surface area contributed by atoms with E-state index in [4.69, 9.17) is 4.74 Å². The zero-order valence-electron chi connectivity index (χ0n) is 8.69. The van der Waals surface area contributed by atoms with Crippen LogP contribution in [0.2, 0.25) is 0 Å². The fourth-order valence-corrected chi connectivity index (χ4v) is 1.07. The smallest absolute Gasteiger partial charge is 0.167 e. The molecule has 0 radical (unpaired) electrons. The summed E-state index contributed by atoms with van der Waals surface area (Å²) >= 11 is 3.34. The molecule has 0 amide bonds. The zero-order chi connectivity index (χ0) is 11.5. The Kier molecular flexibility index (Phi) is 4.08.